The summed E-state index contributed by atoms with van der Waals surface area (Å²) in [5, 5.41) is 0. The number of aryl methyl sites for hydroxylation is 1. The van der Waals surface area contributed by atoms with Crippen LogP contribution in [-0.4, -0.2) is 21.1 Å². The second-order valence-corrected chi connectivity index (χ2v) is 6.64. The summed E-state index contributed by atoms with van der Waals surface area (Å²) in [5.41, 5.74) is 0.878. The second kappa shape index (κ2) is 6.23. The second-order valence-electron chi connectivity index (χ2n) is 4.05. The van der Waals surface area contributed by atoms with Gasteiger partial charge in [0.25, 0.3) is 0 Å². The van der Waals surface area contributed by atoms with Crippen LogP contribution < -0.4 is 4.72 Å². The minimum absolute atomic E-state index is 0.0186. The van der Waals surface area contributed by atoms with Crippen LogP contribution >= 0.6 is 15.9 Å². The van der Waals surface area contributed by atoms with Crippen LogP contribution in [0.4, 0.5) is 13.2 Å². The van der Waals surface area contributed by atoms with E-state index in [1.165, 1.54) is 6.07 Å². The Bertz CT molecular complexity index is 543. The fourth-order valence-corrected chi connectivity index (χ4v) is 3.66. The lowest BCUT2D eigenvalue weighted by Crippen LogP contribution is -2.26. The normalized spacial score (nSPS) is 12.7. The molecule has 0 radical (unpaired) electrons. The lowest BCUT2D eigenvalue weighted by atomic mass is 10.2. The fraction of sp³-hybridized carbons (Fsp3) is 0.455. The third-order valence-corrected chi connectivity index (χ3v) is 4.74. The third-order valence-electron chi connectivity index (χ3n) is 2.31. The molecule has 0 aliphatic heterocycles. The van der Waals surface area contributed by atoms with Gasteiger partial charge in [-0.2, -0.15) is 13.2 Å². The first-order valence-corrected chi connectivity index (χ1v) is 7.72. The highest BCUT2D eigenvalue weighted by atomic mass is 79.9. The SMILES string of the molecule is Cc1ccc(S(=O)(=O)NCCCC(F)(F)F)c(Br)c1. The Labute approximate surface area is 118 Å². The summed E-state index contributed by atoms with van der Waals surface area (Å²) >= 11 is 3.12. The molecule has 1 aromatic carbocycles. The zero-order chi connectivity index (χ0) is 14.7. The van der Waals surface area contributed by atoms with Crippen molar-refractivity contribution in [2.45, 2.75) is 30.8 Å². The van der Waals surface area contributed by atoms with Crippen molar-refractivity contribution in [1.29, 1.82) is 0 Å². The van der Waals surface area contributed by atoms with Crippen molar-refractivity contribution in [2.75, 3.05) is 6.54 Å². The van der Waals surface area contributed by atoms with Gasteiger partial charge in [-0.15, -0.1) is 0 Å². The largest absolute Gasteiger partial charge is 0.389 e. The molecular weight excluding hydrogens is 347 g/mol. The lowest BCUT2D eigenvalue weighted by Gasteiger charge is -2.10. The van der Waals surface area contributed by atoms with Crippen molar-refractivity contribution in [3.05, 3.63) is 28.2 Å². The Morgan fingerprint density at radius 3 is 2.47 bits per heavy atom. The van der Waals surface area contributed by atoms with E-state index in [9.17, 15) is 21.6 Å². The van der Waals surface area contributed by atoms with Crippen molar-refractivity contribution < 1.29 is 21.6 Å². The Kier molecular flexibility index (Phi) is 5.40. The van der Waals surface area contributed by atoms with Gasteiger partial charge in [-0.25, -0.2) is 13.1 Å². The van der Waals surface area contributed by atoms with E-state index in [2.05, 4.69) is 20.7 Å². The highest BCUT2D eigenvalue weighted by Gasteiger charge is 2.26. The van der Waals surface area contributed by atoms with Crippen molar-refractivity contribution in [3.63, 3.8) is 0 Å². The molecule has 0 atom stereocenters. The van der Waals surface area contributed by atoms with E-state index < -0.39 is 22.6 Å². The minimum Gasteiger partial charge on any atom is -0.211 e. The first kappa shape index (κ1) is 16.5. The number of benzene rings is 1. The van der Waals surface area contributed by atoms with Gasteiger partial charge in [0.15, 0.2) is 0 Å². The summed E-state index contributed by atoms with van der Waals surface area (Å²) in [7, 11) is -3.79. The molecule has 1 rings (SSSR count). The number of halogens is 4. The van der Waals surface area contributed by atoms with Gasteiger partial charge in [-0.1, -0.05) is 6.07 Å². The quantitative estimate of drug-likeness (QED) is 0.819. The Balaban J connectivity index is 2.66. The van der Waals surface area contributed by atoms with Crippen LogP contribution in [0.5, 0.6) is 0 Å². The van der Waals surface area contributed by atoms with Crippen LogP contribution in [0.25, 0.3) is 0 Å². The molecule has 0 amide bonds. The van der Waals surface area contributed by atoms with E-state index in [0.29, 0.717) is 4.47 Å². The summed E-state index contributed by atoms with van der Waals surface area (Å²) in [6, 6.07) is 4.66. The van der Waals surface area contributed by atoms with Crippen LogP contribution in [0.15, 0.2) is 27.6 Å². The maximum absolute atomic E-state index is 11.9. The Morgan fingerprint density at radius 1 is 1.32 bits per heavy atom. The van der Waals surface area contributed by atoms with Gasteiger partial charge >= 0.3 is 6.18 Å². The van der Waals surface area contributed by atoms with E-state index in [1.54, 1.807) is 19.1 Å². The predicted molar refractivity (Wildman–Crippen MR) is 69.4 cm³/mol. The average Bonchev–Trinajstić information content (AvgIpc) is 2.22. The number of rotatable bonds is 5. The van der Waals surface area contributed by atoms with Gasteiger partial charge in [0.1, 0.15) is 0 Å². The molecule has 0 aromatic heterocycles. The monoisotopic (exact) mass is 359 g/mol. The van der Waals surface area contributed by atoms with Gasteiger partial charge in [0, 0.05) is 17.4 Å². The first-order valence-electron chi connectivity index (χ1n) is 5.44. The molecule has 8 heteroatoms. The van der Waals surface area contributed by atoms with Gasteiger partial charge in [-0.05, 0) is 47.0 Å². The number of nitrogens with one attached hydrogen (secondary N) is 1. The lowest BCUT2D eigenvalue weighted by molar-refractivity contribution is -0.135. The molecule has 0 aliphatic carbocycles. The summed E-state index contributed by atoms with van der Waals surface area (Å²) in [6.07, 6.45) is -5.56. The van der Waals surface area contributed by atoms with Crippen LogP contribution in [-0.2, 0) is 10.0 Å². The number of alkyl halides is 3. The smallest absolute Gasteiger partial charge is 0.211 e. The van der Waals surface area contributed by atoms with Crippen molar-refractivity contribution in [1.82, 2.24) is 4.72 Å². The number of hydrogen-bond donors (Lipinski definition) is 1. The molecule has 0 saturated heterocycles. The van der Waals surface area contributed by atoms with E-state index in [0.717, 1.165) is 5.56 Å². The highest BCUT2D eigenvalue weighted by Crippen LogP contribution is 2.23. The van der Waals surface area contributed by atoms with Crippen LogP contribution in [0, 0.1) is 6.92 Å². The molecular formula is C11H13BrF3NO2S. The minimum atomic E-state index is -4.27. The summed E-state index contributed by atoms with van der Waals surface area (Å²) in [4.78, 5) is 0.0186. The zero-order valence-electron chi connectivity index (χ0n) is 10.1. The maximum atomic E-state index is 11.9. The van der Waals surface area contributed by atoms with Crippen LogP contribution in [0.1, 0.15) is 18.4 Å². The molecule has 0 spiro atoms. The molecule has 0 unspecified atom stereocenters. The molecule has 19 heavy (non-hydrogen) atoms. The van der Waals surface area contributed by atoms with Crippen molar-refractivity contribution in [3.8, 4) is 0 Å². The van der Waals surface area contributed by atoms with Gasteiger partial charge in [-0.3, -0.25) is 0 Å². The van der Waals surface area contributed by atoms with Crippen molar-refractivity contribution in [2.24, 2.45) is 0 Å². The van der Waals surface area contributed by atoms with Gasteiger partial charge < -0.3 is 0 Å². The molecule has 1 N–H and O–H groups in total. The van der Waals surface area contributed by atoms with Gasteiger partial charge in [0.05, 0.1) is 4.90 Å². The van der Waals surface area contributed by atoms with E-state index >= 15 is 0 Å². The molecule has 1 aromatic rings. The Hall–Kier alpha value is -0.600. The average molecular weight is 360 g/mol. The molecule has 3 nitrogen and oxygen atoms in total. The van der Waals surface area contributed by atoms with E-state index in [-0.39, 0.29) is 17.9 Å². The first-order chi connectivity index (χ1) is 8.62. The van der Waals surface area contributed by atoms with Gasteiger partial charge in [0.2, 0.25) is 10.0 Å². The number of hydrogen-bond acceptors (Lipinski definition) is 2. The molecule has 0 saturated carbocycles. The third kappa shape index (κ3) is 5.50. The van der Waals surface area contributed by atoms with Crippen LogP contribution in [0.3, 0.4) is 0 Å². The number of sulfonamides is 1. The summed E-state index contributed by atoms with van der Waals surface area (Å²) in [6.45, 7) is 1.56. The zero-order valence-corrected chi connectivity index (χ0v) is 12.5. The van der Waals surface area contributed by atoms with E-state index in [4.69, 9.17) is 0 Å². The fourth-order valence-electron chi connectivity index (χ4n) is 1.40. The predicted octanol–water partition coefficient (Wildman–Crippen LogP) is 3.38. The highest BCUT2D eigenvalue weighted by molar-refractivity contribution is 9.10. The van der Waals surface area contributed by atoms with Crippen LogP contribution in [0.2, 0.25) is 0 Å². The molecule has 0 bridgehead atoms. The molecule has 0 heterocycles. The standard InChI is InChI=1S/C11H13BrF3NO2S/c1-8-3-4-10(9(12)7-8)19(17,18)16-6-2-5-11(13,14)15/h3-4,7,16H,2,5-6H2,1H3. The Morgan fingerprint density at radius 2 is 1.95 bits per heavy atom. The molecule has 0 fully saturated rings. The topological polar surface area (TPSA) is 46.2 Å². The molecule has 0 aliphatic rings. The molecule has 108 valence electrons. The summed E-state index contributed by atoms with van der Waals surface area (Å²) in [5.74, 6) is 0. The summed E-state index contributed by atoms with van der Waals surface area (Å²) < 4.78 is 62.0. The van der Waals surface area contributed by atoms with E-state index in [1.807, 2.05) is 0 Å². The maximum Gasteiger partial charge on any atom is 0.389 e. The van der Waals surface area contributed by atoms with Crippen molar-refractivity contribution >= 4 is 26.0 Å².